The van der Waals surface area contributed by atoms with Crippen LogP contribution in [0.1, 0.15) is 63.8 Å². The largest absolute Gasteiger partial charge is 0.481 e. The molecule has 1 aliphatic rings. The van der Waals surface area contributed by atoms with Gasteiger partial charge in [0.25, 0.3) is 5.91 Å². The summed E-state index contributed by atoms with van der Waals surface area (Å²) in [5, 5.41) is 9.87. The van der Waals surface area contributed by atoms with Gasteiger partial charge in [0.05, 0.1) is 23.5 Å². The number of benzene rings is 2. The Bertz CT molecular complexity index is 1220. The zero-order valence-corrected chi connectivity index (χ0v) is 23.6. The van der Waals surface area contributed by atoms with Crippen molar-refractivity contribution in [2.24, 2.45) is 5.92 Å². The van der Waals surface area contributed by atoms with Crippen molar-refractivity contribution in [2.45, 2.75) is 70.1 Å². The molecule has 1 saturated heterocycles. The highest BCUT2D eigenvalue weighted by molar-refractivity contribution is 7.92. The minimum Gasteiger partial charge on any atom is -0.481 e. The van der Waals surface area contributed by atoms with Gasteiger partial charge in [-0.25, -0.2) is 8.42 Å². The van der Waals surface area contributed by atoms with Crippen LogP contribution >= 0.6 is 23.2 Å². The van der Waals surface area contributed by atoms with Crippen LogP contribution < -0.4 is 0 Å². The third-order valence-corrected chi connectivity index (χ3v) is 9.98. The lowest BCUT2D eigenvalue weighted by atomic mass is 9.89. The number of halogens is 2. The molecule has 0 aromatic heterocycles. The number of rotatable bonds is 10. The molecule has 2 aromatic rings. The number of aliphatic carboxylic acids is 1. The number of morpholine rings is 1. The summed E-state index contributed by atoms with van der Waals surface area (Å²) in [7, 11) is -3.58. The zero-order chi connectivity index (χ0) is 27.5. The lowest BCUT2D eigenvalue weighted by Gasteiger charge is -2.48. The molecule has 0 radical (unpaired) electrons. The first kappa shape index (κ1) is 29.4. The van der Waals surface area contributed by atoms with Gasteiger partial charge in [0.1, 0.15) is 12.2 Å². The average Bonchev–Trinajstić information content (AvgIpc) is 2.83. The fraction of sp³-hybridized carbons (Fsp3) is 0.481. The molecule has 37 heavy (non-hydrogen) atoms. The summed E-state index contributed by atoms with van der Waals surface area (Å²) < 4.78 is 32.8. The van der Waals surface area contributed by atoms with Crippen LogP contribution in [-0.2, 0) is 24.2 Å². The lowest BCUT2D eigenvalue weighted by Crippen LogP contribution is -2.57. The molecule has 10 heteroatoms. The summed E-state index contributed by atoms with van der Waals surface area (Å²) in [6.07, 6.45) is -2.28. The molecule has 1 N–H and O–H groups in total. The molecular weight excluding hydrogens is 537 g/mol. The predicted octanol–water partition coefficient (Wildman–Crippen LogP) is 5.72. The van der Waals surface area contributed by atoms with Crippen LogP contribution in [0.4, 0.5) is 0 Å². The van der Waals surface area contributed by atoms with Crippen LogP contribution in [0.2, 0.25) is 10.0 Å². The quantitative estimate of drug-likeness (QED) is 0.393. The number of ether oxygens (including phenoxy) is 1. The number of hydrogen-bond donors (Lipinski definition) is 1. The van der Waals surface area contributed by atoms with Crippen molar-refractivity contribution < 1.29 is 27.9 Å². The van der Waals surface area contributed by atoms with Gasteiger partial charge in [-0.3, -0.25) is 9.59 Å². The van der Waals surface area contributed by atoms with Gasteiger partial charge in [0.15, 0.2) is 9.84 Å². The van der Waals surface area contributed by atoms with Crippen molar-refractivity contribution >= 4 is 44.9 Å². The van der Waals surface area contributed by atoms with Gasteiger partial charge in [-0.15, -0.1) is 0 Å². The molecule has 1 amide bonds. The number of carboxylic acids is 1. The van der Waals surface area contributed by atoms with E-state index in [0.29, 0.717) is 27.6 Å². The average molecular weight is 571 g/mol. The van der Waals surface area contributed by atoms with E-state index in [9.17, 15) is 23.1 Å². The highest BCUT2D eigenvalue weighted by atomic mass is 35.5. The van der Waals surface area contributed by atoms with Crippen LogP contribution in [0.25, 0.3) is 0 Å². The van der Waals surface area contributed by atoms with E-state index < -0.39 is 57.7 Å². The van der Waals surface area contributed by atoms with Crippen molar-refractivity contribution in [1.82, 2.24) is 4.90 Å². The minimum atomic E-state index is -3.58. The Hall–Kier alpha value is -2.13. The summed E-state index contributed by atoms with van der Waals surface area (Å²) in [6, 6.07) is 12.4. The molecule has 202 valence electrons. The summed E-state index contributed by atoms with van der Waals surface area (Å²) in [6.45, 7) is 7.18. The van der Waals surface area contributed by atoms with Gasteiger partial charge in [-0.2, -0.15) is 0 Å². The van der Waals surface area contributed by atoms with E-state index in [4.69, 9.17) is 27.9 Å². The van der Waals surface area contributed by atoms with Gasteiger partial charge in [-0.1, -0.05) is 68.2 Å². The molecule has 7 nitrogen and oxygen atoms in total. The van der Waals surface area contributed by atoms with Crippen LogP contribution in [0, 0.1) is 5.92 Å². The molecule has 3 rings (SSSR count). The summed E-state index contributed by atoms with van der Waals surface area (Å²) in [5.41, 5.74) is 1.33. The van der Waals surface area contributed by atoms with Crippen molar-refractivity contribution in [3.8, 4) is 0 Å². The maximum Gasteiger partial charge on any atom is 0.306 e. The number of sulfone groups is 1. The number of hydrogen-bond acceptors (Lipinski definition) is 5. The van der Waals surface area contributed by atoms with Crippen LogP contribution in [0.15, 0.2) is 48.5 Å². The number of carbonyl (C=O) groups is 2. The molecule has 1 aliphatic heterocycles. The molecule has 2 aromatic carbocycles. The normalized spacial score (nSPS) is 22.2. The van der Waals surface area contributed by atoms with Crippen LogP contribution in [0.5, 0.6) is 0 Å². The van der Waals surface area contributed by atoms with E-state index in [0.717, 1.165) is 0 Å². The summed E-state index contributed by atoms with van der Waals surface area (Å²) in [5.74, 6) is -2.10. The Balaban J connectivity index is 2.19. The Morgan fingerprint density at radius 2 is 1.70 bits per heavy atom. The highest BCUT2D eigenvalue weighted by Gasteiger charge is 2.48. The third kappa shape index (κ3) is 6.85. The number of nitrogens with zero attached hydrogens (tertiary/aromatic N) is 1. The van der Waals surface area contributed by atoms with Crippen molar-refractivity contribution in [2.75, 3.05) is 5.75 Å². The van der Waals surface area contributed by atoms with E-state index >= 15 is 0 Å². The Kier molecular flexibility index (Phi) is 9.67. The van der Waals surface area contributed by atoms with Crippen molar-refractivity contribution in [1.29, 1.82) is 0 Å². The second-order valence-electron chi connectivity index (χ2n) is 9.78. The monoisotopic (exact) mass is 569 g/mol. The predicted molar refractivity (Wildman–Crippen MR) is 145 cm³/mol. The second kappa shape index (κ2) is 12.2. The summed E-state index contributed by atoms with van der Waals surface area (Å²) >= 11 is 12.4. The van der Waals surface area contributed by atoms with E-state index in [1.165, 1.54) is 4.90 Å². The number of carboxylic acid groups (broad SMARTS) is 1. The van der Waals surface area contributed by atoms with Crippen LogP contribution in [0.3, 0.4) is 0 Å². The van der Waals surface area contributed by atoms with Gasteiger partial charge in [-0.05, 0) is 54.7 Å². The van der Waals surface area contributed by atoms with E-state index in [-0.39, 0.29) is 11.7 Å². The molecule has 2 unspecified atom stereocenters. The molecule has 0 bridgehead atoms. The Morgan fingerprint density at radius 1 is 1.05 bits per heavy atom. The standard InChI is InChI=1S/C27H33Cl2NO6S/c1-5-22(15-37(34,35)17(4)16(2)3)30-25(18-9-11-20(28)12-10-18)26(19-7-6-8-21(29)13-19)36-23(27(30)33)14-24(31)32/h6-13,16-17,22-23,25-26H,5,14-15H2,1-4H3,(H,31,32)/t17?,22?,23-,25-,26-/m1/s1. The van der Waals surface area contributed by atoms with E-state index in [2.05, 4.69) is 0 Å². The maximum atomic E-state index is 13.8. The van der Waals surface area contributed by atoms with Gasteiger partial charge in [0.2, 0.25) is 0 Å². The zero-order valence-electron chi connectivity index (χ0n) is 21.3. The Labute approximate surface area is 228 Å². The van der Waals surface area contributed by atoms with Crippen molar-refractivity contribution in [3.63, 3.8) is 0 Å². The Morgan fingerprint density at radius 3 is 2.24 bits per heavy atom. The fourth-order valence-electron chi connectivity index (χ4n) is 4.63. The highest BCUT2D eigenvalue weighted by Crippen LogP contribution is 2.45. The van der Waals surface area contributed by atoms with Gasteiger partial charge < -0.3 is 14.7 Å². The van der Waals surface area contributed by atoms with Crippen molar-refractivity contribution in [3.05, 3.63) is 69.7 Å². The van der Waals surface area contributed by atoms with Crippen LogP contribution in [-0.4, -0.2) is 53.4 Å². The van der Waals surface area contributed by atoms with E-state index in [1.54, 1.807) is 55.5 Å². The van der Waals surface area contributed by atoms with Gasteiger partial charge in [0, 0.05) is 16.1 Å². The number of amides is 1. The smallest absolute Gasteiger partial charge is 0.306 e. The molecule has 0 saturated carbocycles. The first-order valence-electron chi connectivity index (χ1n) is 12.3. The lowest BCUT2D eigenvalue weighted by molar-refractivity contribution is -0.182. The molecular formula is C27H33Cl2NO6S. The summed E-state index contributed by atoms with van der Waals surface area (Å²) in [4.78, 5) is 27.0. The molecule has 1 heterocycles. The first-order valence-corrected chi connectivity index (χ1v) is 14.7. The molecule has 1 fully saturated rings. The SMILES string of the molecule is CCC(CS(=O)(=O)C(C)C(C)C)N1C(=O)[C@@H](CC(=O)O)O[C@H](c2cccc(Cl)c2)[C@H]1c1ccc(Cl)cc1. The topological polar surface area (TPSA) is 101 Å². The minimum absolute atomic E-state index is 0.103. The molecule has 0 spiro atoms. The first-order chi connectivity index (χ1) is 17.4. The third-order valence-electron chi connectivity index (χ3n) is 6.97. The fourth-order valence-corrected chi connectivity index (χ4v) is 7.02. The molecule has 0 aliphatic carbocycles. The maximum absolute atomic E-state index is 13.8. The molecule has 5 atom stereocenters. The second-order valence-corrected chi connectivity index (χ2v) is 13.1. The van der Waals surface area contributed by atoms with E-state index in [1.807, 2.05) is 20.8 Å². The number of carbonyl (C=O) groups excluding carboxylic acids is 1. The van der Waals surface area contributed by atoms with Gasteiger partial charge >= 0.3 is 5.97 Å².